The fraction of sp³-hybridized carbons (Fsp3) is 0.357. The van der Waals surface area contributed by atoms with Crippen LogP contribution < -0.4 is 10.7 Å². The SMILES string of the molecule is CC1(CCc2ccccc2)NC(=O)N(NC(=O)CCl)C1=O. The van der Waals surface area contributed by atoms with Crippen LogP contribution in [0.1, 0.15) is 18.9 Å². The van der Waals surface area contributed by atoms with Crippen LogP contribution in [0.25, 0.3) is 0 Å². The van der Waals surface area contributed by atoms with Gasteiger partial charge in [-0.2, -0.15) is 5.01 Å². The molecule has 4 amide bonds. The molecule has 0 bridgehead atoms. The maximum atomic E-state index is 12.3. The minimum absolute atomic E-state index is 0.322. The van der Waals surface area contributed by atoms with Crippen molar-refractivity contribution in [1.82, 2.24) is 15.8 Å². The van der Waals surface area contributed by atoms with E-state index in [4.69, 9.17) is 11.6 Å². The van der Waals surface area contributed by atoms with E-state index < -0.39 is 23.4 Å². The number of hydrazine groups is 1. The predicted octanol–water partition coefficient (Wildman–Crippen LogP) is 1.20. The topological polar surface area (TPSA) is 78.5 Å². The largest absolute Gasteiger partial charge is 0.344 e. The number of amides is 4. The first-order valence-corrected chi connectivity index (χ1v) is 7.06. The Morgan fingerprint density at radius 1 is 1.33 bits per heavy atom. The highest BCUT2D eigenvalue weighted by molar-refractivity contribution is 6.27. The number of aryl methyl sites for hydroxylation is 1. The zero-order chi connectivity index (χ0) is 15.5. The van der Waals surface area contributed by atoms with Crippen LogP contribution in [0.3, 0.4) is 0 Å². The number of halogens is 1. The van der Waals surface area contributed by atoms with Crippen molar-refractivity contribution in [2.75, 3.05) is 5.88 Å². The number of imide groups is 1. The lowest BCUT2D eigenvalue weighted by molar-refractivity contribution is -0.138. The summed E-state index contributed by atoms with van der Waals surface area (Å²) >= 11 is 5.36. The molecule has 0 aromatic heterocycles. The third-order valence-corrected chi connectivity index (χ3v) is 3.62. The molecule has 0 spiro atoms. The Morgan fingerprint density at radius 3 is 2.62 bits per heavy atom. The number of hydrogen-bond acceptors (Lipinski definition) is 3. The predicted molar refractivity (Wildman–Crippen MR) is 77.4 cm³/mol. The van der Waals surface area contributed by atoms with E-state index in [0.717, 1.165) is 5.56 Å². The molecule has 2 rings (SSSR count). The lowest BCUT2D eigenvalue weighted by atomic mass is 9.93. The number of nitrogens with one attached hydrogen (secondary N) is 2. The van der Waals surface area contributed by atoms with Gasteiger partial charge in [-0.3, -0.25) is 15.0 Å². The maximum absolute atomic E-state index is 12.3. The summed E-state index contributed by atoms with van der Waals surface area (Å²) in [5.41, 5.74) is 2.22. The molecule has 1 fully saturated rings. The molecule has 2 N–H and O–H groups in total. The van der Waals surface area contributed by atoms with Gasteiger partial charge in [-0.1, -0.05) is 30.3 Å². The van der Waals surface area contributed by atoms with Crippen molar-refractivity contribution >= 4 is 29.4 Å². The van der Waals surface area contributed by atoms with E-state index in [9.17, 15) is 14.4 Å². The molecule has 1 aromatic rings. The molecule has 1 unspecified atom stereocenters. The number of nitrogens with zero attached hydrogens (tertiary/aromatic N) is 1. The van der Waals surface area contributed by atoms with E-state index in [2.05, 4.69) is 10.7 Å². The Labute approximate surface area is 127 Å². The van der Waals surface area contributed by atoms with E-state index in [-0.39, 0.29) is 5.88 Å². The van der Waals surface area contributed by atoms with Crippen LogP contribution >= 0.6 is 11.6 Å². The summed E-state index contributed by atoms with van der Waals surface area (Å²) in [4.78, 5) is 35.3. The summed E-state index contributed by atoms with van der Waals surface area (Å²) in [6, 6.07) is 9.01. The molecule has 6 nitrogen and oxygen atoms in total. The Kier molecular flexibility index (Phi) is 4.47. The molecular formula is C14H16ClN3O3. The summed E-state index contributed by atoms with van der Waals surface area (Å²) < 4.78 is 0. The molecule has 1 aliphatic heterocycles. The van der Waals surface area contributed by atoms with Gasteiger partial charge in [0.2, 0.25) is 0 Å². The summed E-state index contributed by atoms with van der Waals surface area (Å²) in [5.74, 6) is -1.41. The van der Waals surface area contributed by atoms with Gasteiger partial charge in [0.1, 0.15) is 11.4 Å². The van der Waals surface area contributed by atoms with Crippen molar-refractivity contribution in [3.63, 3.8) is 0 Å². The van der Waals surface area contributed by atoms with Crippen molar-refractivity contribution in [1.29, 1.82) is 0 Å². The zero-order valence-corrected chi connectivity index (χ0v) is 12.3. The zero-order valence-electron chi connectivity index (χ0n) is 11.6. The Bertz CT molecular complexity index is 564. The number of hydrogen-bond donors (Lipinski definition) is 2. The van der Waals surface area contributed by atoms with Crippen LogP contribution in [0, 0.1) is 0 Å². The van der Waals surface area contributed by atoms with E-state index in [1.807, 2.05) is 30.3 Å². The Balaban J connectivity index is 2.04. The number of carbonyl (C=O) groups excluding carboxylic acids is 3. The third kappa shape index (κ3) is 3.33. The maximum Gasteiger partial charge on any atom is 0.344 e. The van der Waals surface area contributed by atoms with Gasteiger partial charge in [0.15, 0.2) is 0 Å². The van der Waals surface area contributed by atoms with Crippen LogP contribution in [0.2, 0.25) is 0 Å². The fourth-order valence-corrected chi connectivity index (χ4v) is 2.21. The molecule has 0 radical (unpaired) electrons. The number of rotatable bonds is 5. The van der Waals surface area contributed by atoms with Crippen LogP contribution in [0.5, 0.6) is 0 Å². The van der Waals surface area contributed by atoms with Gasteiger partial charge in [0.25, 0.3) is 11.8 Å². The molecule has 1 aromatic carbocycles. The highest BCUT2D eigenvalue weighted by Crippen LogP contribution is 2.22. The highest BCUT2D eigenvalue weighted by atomic mass is 35.5. The van der Waals surface area contributed by atoms with Gasteiger partial charge in [-0.05, 0) is 25.3 Å². The molecule has 7 heteroatoms. The highest BCUT2D eigenvalue weighted by Gasteiger charge is 2.48. The smallest absolute Gasteiger partial charge is 0.322 e. The lowest BCUT2D eigenvalue weighted by Crippen LogP contribution is -2.49. The van der Waals surface area contributed by atoms with Crippen molar-refractivity contribution in [2.24, 2.45) is 0 Å². The summed E-state index contributed by atoms with van der Waals surface area (Å²) in [7, 11) is 0. The van der Waals surface area contributed by atoms with Crippen molar-refractivity contribution in [3.8, 4) is 0 Å². The molecular weight excluding hydrogens is 294 g/mol. The molecule has 1 atom stereocenters. The molecule has 1 aliphatic rings. The summed E-state index contributed by atoms with van der Waals surface area (Å²) in [5, 5.41) is 3.30. The normalized spacial score (nSPS) is 21.3. The standard InChI is InChI=1S/C14H16ClN3O3/c1-14(8-7-10-5-3-2-4-6-10)12(20)18(13(21)16-14)17-11(19)9-15/h2-6H,7-9H2,1H3,(H,16,21)(H,17,19). The first kappa shape index (κ1) is 15.3. The van der Waals surface area contributed by atoms with Crippen LogP contribution in [-0.2, 0) is 16.0 Å². The summed E-state index contributed by atoms with van der Waals surface area (Å²) in [6.45, 7) is 1.64. The molecule has 1 saturated heterocycles. The van der Waals surface area contributed by atoms with Crippen LogP contribution in [0.4, 0.5) is 4.79 Å². The van der Waals surface area contributed by atoms with Crippen molar-refractivity contribution < 1.29 is 14.4 Å². The molecule has 1 heterocycles. The molecule has 0 aliphatic carbocycles. The van der Waals surface area contributed by atoms with E-state index in [0.29, 0.717) is 17.9 Å². The minimum Gasteiger partial charge on any atom is -0.322 e. The molecule has 0 saturated carbocycles. The number of benzene rings is 1. The lowest BCUT2D eigenvalue weighted by Gasteiger charge is -2.21. The number of carbonyl (C=O) groups is 3. The van der Waals surface area contributed by atoms with Crippen LogP contribution in [-0.4, -0.2) is 34.3 Å². The summed E-state index contributed by atoms with van der Waals surface area (Å²) in [6.07, 6.45) is 1.08. The molecule has 21 heavy (non-hydrogen) atoms. The van der Waals surface area contributed by atoms with Crippen LogP contribution in [0.15, 0.2) is 30.3 Å². The second kappa shape index (κ2) is 6.13. The van der Waals surface area contributed by atoms with Gasteiger partial charge in [0, 0.05) is 0 Å². The van der Waals surface area contributed by atoms with Gasteiger partial charge in [0.05, 0.1) is 0 Å². The molecule has 112 valence electrons. The van der Waals surface area contributed by atoms with Crippen molar-refractivity contribution in [3.05, 3.63) is 35.9 Å². The first-order valence-electron chi connectivity index (χ1n) is 6.52. The van der Waals surface area contributed by atoms with E-state index in [1.54, 1.807) is 6.92 Å². The van der Waals surface area contributed by atoms with Gasteiger partial charge >= 0.3 is 6.03 Å². The number of urea groups is 1. The van der Waals surface area contributed by atoms with E-state index >= 15 is 0 Å². The first-order chi connectivity index (χ1) is 9.96. The third-order valence-electron chi connectivity index (χ3n) is 3.38. The Hall–Kier alpha value is -2.08. The van der Waals surface area contributed by atoms with Gasteiger partial charge in [-0.15, -0.1) is 11.6 Å². The average molecular weight is 310 g/mol. The second-order valence-corrected chi connectivity index (χ2v) is 5.32. The van der Waals surface area contributed by atoms with Gasteiger partial charge in [-0.25, -0.2) is 4.79 Å². The quantitative estimate of drug-likeness (QED) is 0.633. The monoisotopic (exact) mass is 309 g/mol. The van der Waals surface area contributed by atoms with Gasteiger partial charge < -0.3 is 5.32 Å². The minimum atomic E-state index is -1.04. The van der Waals surface area contributed by atoms with Crippen molar-refractivity contribution in [2.45, 2.75) is 25.3 Å². The Morgan fingerprint density at radius 2 is 2.00 bits per heavy atom. The second-order valence-electron chi connectivity index (χ2n) is 5.06. The average Bonchev–Trinajstić information content (AvgIpc) is 2.70. The van der Waals surface area contributed by atoms with E-state index in [1.165, 1.54) is 0 Å². The number of alkyl halides is 1. The fourth-order valence-electron chi connectivity index (χ4n) is 2.15.